The molecule has 2 fully saturated rings. The minimum Gasteiger partial charge on any atom is -0.303 e. The minimum absolute atomic E-state index is 1.02. The molecule has 1 nitrogen and oxygen atoms in total. The fraction of sp³-hybridized carbons (Fsp3) is 0.923. The van der Waals surface area contributed by atoms with Gasteiger partial charge >= 0.3 is 0 Å². The first-order valence-electron chi connectivity index (χ1n) is 6.49. The normalized spacial score (nSPS) is 27.4. The summed E-state index contributed by atoms with van der Waals surface area (Å²) in [6, 6.07) is 0. The van der Waals surface area contributed by atoms with E-state index in [4.69, 9.17) is 0 Å². The van der Waals surface area contributed by atoms with Crippen molar-refractivity contribution in [3.05, 3.63) is 6.42 Å². The Morgan fingerprint density at radius 2 is 1.57 bits per heavy atom. The molecule has 1 heterocycles. The summed E-state index contributed by atoms with van der Waals surface area (Å²) in [6.07, 6.45) is 14.1. The van der Waals surface area contributed by atoms with Crippen LogP contribution in [0.5, 0.6) is 0 Å². The monoisotopic (exact) mass is 194 g/mol. The van der Waals surface area contributed by atoms with Crippen molar-refractivity contribution in [2.24, 2.45) is 5.92 Å². The van der Waals surface area contributed by atoms with E-state index in [1.165, 1.54) is 71.0 Å². The van der Waals surface area contributed by atoms with Crippen molar-refractivity contribution in [2.45, 2.75) is 51.4 Å². The van der Waals surface area contributed by atoms with Gasteiger partial charge in [0, 0.05) is 6.54 Å². The van der Waals surface area contributed by atoms with Crippen LogP contribution in [0.1, 0.15) is 51.4 Å². The van der Waals surface area contributed by atoms with Gasteiger partial charge in [-0.25, -0.2) is 0 Å². The van der Waals surface area contributed by atoms with Crippen LogP contribution in [0, 0.1) is 12.3 Å². The lowest BCUT2D eigenvalue weighted by atomic mass is 9.98. The second-order valence-corrected chi connectivity index (χ2v) is 5.02. The number of hydrogen-bond donors (Lipinski definition) is 0. The number of hydrogen-bond acceptors (Lipinski definition) is 1. The van der Waals surface area contributed by atoms with Crippen LogP contribution in [0.4, 0.5) is 0 Å². The number of likely N-dealkylation sites (tertiary alicyclic amines) is 1. The molecule has 0 N–H and O–H groups in total. The quantitative estimate of drug-likeness (QED) is 0.610. The summed E-state index contributed by atoms with van der Waals surface area (Å²) in [7, 11) is 0. The first-order chi connectivity index (χ1) is 6.95. The molecule has 1 aliphatic heterocycles. The van der Waals surface area contributed by atoms with E-state index in [2.05, 4.69) is 11.3 Å². The summed E-state index contributed by atoms with van der Waals surface area (Å²) >= 11 is 0. The van der Waals surface area contributed by atoms with Crippen LogP contribution in [-0.4, -0.2) is 24.5 Å². The zero-order valence-electron chi connectivity index (χ0n) is 9.38. The Bertz CT molecular complexity index is 141. The van der Waals surface area contributed by atoms with Gasteiger partial charge in [0.2, 0.25) is 0 Å². The molecule has 2 rings (SSSR count). The lowest BCUT2D eigenvalue weighted by molar-refractivity contribution is 0.205. The summed E-state index contributed by atoms with van der Waals surface area (Å²) in [5.74, 6) is 1.02. The molecule has 1 aliphatic carbocycles. The van der Waals surface area contributed by atoms with Gasteiger partial charge in [0.1, 0.15) is 0 Å². The molecular formula is C13H24N. The van der Waals surface area contributed by atoms with Gasteiger partial charge in [-0.15, -0.1) is 0 Å². The third-order valence-electron chi connectivity index (χ3n) is 3.79. The van der Waals surface area contributed by atoms with Crippen LogP contribution in [-0.2, 0) is 0 Å². The second-order valence-electron chi connectivity index (χ2n) is 5.02. The van der Waals surface area contributed by atoms with Gasteiger partial charge in [-0.3, -0.25) is 0 Å². The first kappa shape index (κ1) is 10.5. The molecule has 0 atom stereocenters. The largest absolute Gasteiger partial charge is 0.303 e. The Morgan fingerprint density at radius 1 is 0.929 bits per heavy atom. The highest BCUT2D eigenvalue weighted by atomic mass is 15.1. The molecule has 1 saturated heterocycles. The fourth-order valence-corrected chi connectivity index (χ4v) is 2.90. The summed E-state index contributed by atoms with van der Waals surface area (Å²) in [5.41, 5.74) is 0. The topological polar surface area (TPSA) is 3.24 Å². The SMILES string of the molecule is [CH]1CCN(CC2CCCCCC2)CC1. The van der Waals surface area contributed by atoms with Crippen LogP contribution in [0.15, 0.2) is 0 Å². The Labute approximate surface area is 88.9 Å². The van der Waals surface area contributed by atoms with Gasteiger partial charge in [-0.1, -0.05) is 25.7 Å². The van der Waals surface area contributed by atoms with Crippen LogP contribution in [0.2, 0.25) is 0 Å². The van der Waals surface area contributed by atoms with E-state index < -0.39 is 0 Å². The predicted octanol–water partition coefficient (Wildman–Crippen LogP) is 3.26. The van der Waals surface area contributed by atoms with Gasteiger partial charge in [0.05, 0.1) is 0 Å². The van der Waals surface area contributed by atoms with Gasteiger partial charge < -0.3 is 4.90 Å². The molecule has 14 heavy (non-hydrogen) atoms. The minimum atomic E-state index is 1.02. The molecule has 0 aromatic heterocycles. The molecule has 0 aromatic carbocycles. The van der Waals surface area contributed by atoms with Crippen LogP contribution < -0.4 is 0 Å². The molecular weight excluding hydrogens is 170 g/mol. The Hall–Kier alpha value is -0.0400. The number of piperidine rings is 1. The van der Waals surface area contributed by atoms with Crippen LogP contribution >= 0.6 is 0 Å². The number of nitrogens with zero attached hydrogens (tertiary/aromatic N) is 1. The molecule has 2 aliphatic rings. The van der Waals surface area contributed by atoms with E-state index in [9.17, 15) is 0 Å². The molecule has 0 spiro atoms. The zero-order valence-corrected chi connectivity index (χ0v) is 9.38. The summed E-state index contributed by atoms with van der Waals surface area (Å²) in [6.45, 7) is 4.06. The van der Waals surface area contributed by atoms with Crippen molar-refractivity contribution < 1.29 is 0 Å². The highest BCUT2D eigenvalue weighted by molar-refractivity contribution is 4.78. The maximum atomic E-state index is 2.69. The summed E-state index contributed by atoms with van der Waals surface area (Å²) in [4.78, 5) is 2.69. The molecule has 0 amide bonds. The van der Waals surface area contributed by atoms with Gasteiger partial charge in [0.15, 0.2) is 0 Å². The molecule has 0 aromatic rings. The van der Waals surface area contributed by atoms with E-state index in [-0.39, 0.29) is 0 Å². The standard InChI is InChI=1S/C13H24N/c1-2-5-9-13(8-4-1)12-14-10-6-3-7-11-14/h3,13H,1-2,4-12H2. The lowest BCUT2D eigenvalue weighted by Crippen LogP contribution is -2.34. The Balaban J connectivity index is 1.71. The molecule has 1 radical (unpaired) electrons. The smallest absolute Gasteiger partial charge is 0.000966 e. The van der Waals surface area contributed by atoms with Crippen molar-refractivity contribution in [3.63, 3.8) is 0 Å². The third-order valence-corrected chi connectivity index (χ3v) is 3.79. The Kier molecular flexibility index (Phi) is 4.30. The van der Waals surface area contributed by atoms with E-state index in [1.807, 2.05) is 0 Å². The summed E-state index contributed by atoms with van der Waals surface area (Å²) in [5, 5.41) is 0. The second kappa shape index (κ2) is 5.75. The molecule has 0 bridgehead atoms. The molecule has 81 valence electrons. The molecule has 1 heteroatoms. The van der Waals surface area contributed by atoms with Gasteiger partial charge in [0.25, 0.3) is 0 Å². The van der Waals surface area contributed by atoms with Gasteiger partial charge in [-0.05, 0) is 51.1 Å². The average molecular weight is 194 g/mol. The maximum absolute atomic E-state index is 2.69. The van der Waals surface area contributed by atoms with Crippen molar-refractivity contribution in [1.29, 1.82) is 0 Å². The van der Waals surface area contributed by atoms with Crippen molar-refractivity contribution >= 4 is 0 Å². The zero-order chi connectivity index (χ0) is 9.64. The van der Waals surface area contributed by atoms with E-state index >= 15 is 0 Å². The fourth-order valence-electron chi connectivity index (χ4n) is 2.90. The van der Waals surface area contributed by atoms with Crippen LogP contribution in [0.3, 0.4) is 0 Å². The maximum Gasteiger partial charge on any atom is 0.000966 e. The van der Waals surface area contributed by atoms with Gasteiger partial charge in [-0.2, -0.15) is 0 Å². The van der Waals surface area contributed by atoms with Crippen molar-refractivity contribution in [2.75, 3.05) is 19.6 Å². The number of rotatable bonds is 2. The van der Waals surface area contributed by atoms with E-state index in [1.54, 1.807) is 0 Å². The summed E-state index contributed by atoms with van der Waals surface area (Å²) < 4.78 is 0. The Morgan fingerprint density at radius 3 is 2.21 bits per heavy atom. The molecule has 1 saturated carbocycles. The van der Waals surface area contributed by atoms with Crippen molar-refractivity contribution in [3.8, 4) is 0 Å². The van der Waals surface area contributed by atoms with Crippen LogP contribution in [0.25, 0.3) is 0 Å². The average Bonchev–Trinajstić information content (AvgIpc) is 2.48. The van der Waals surface area contributed by atoms with E-state index in [0.717, 1.165) is 5.92 Å². The van der Waals surface area contributed by atoms with Crippen molar-refractivity contribution in [1.82, 2.24) is 4.90 Å². The lowest BCUT2D eigenvalue weighted by Gasteiger charge is -2.29. The highest BCUT2D eigenvalue weighted by Crippen LogP contribution is 2.24. The molecule has 0 unspecified atom stereocenters. The highest BCUT2D eigenvalue weighted by Gasteiger charge is 2.17. The third kappa shape index (κ3) is 3.27. The van der Waals surface area contributed by atoms with E-state index in [0.29, 0.717) is 0 Å². The predicted molar refractivity (Wildman–Crippen MR) is 61.2 cm³/mol. The first-order valence-corrected chi connectivity index (χ1v) is 6.49.